The van der Waals surface area contributed by atoms with E-state index in [2.05, 4.69) is 17.4 Å². The van der Waals surface area contributed by atoms with Gasteiger partial charge in [0.05, 0.1) is 0 Å². The van der Waals surface area contributed by atoms with Crippen molar-refractivity contribution in [2.75, 3.05) is 6.54 Å². The summed E-state index contributed by atoms with van der Waals surface area (Å²) in [7, 11) is 0. The quantitative estimate of drug-likeness (QED) is 0.763. The van der Waals surface area contributed by atoms with E-state index < -0.39 is 0 Å². The number of hydrogen-bond acceptors (Lipinski definition) is 2. The zero-order valence-corrected chi connectivity index (χ0v) is 9.99. The van der Waals surface area contributed by atoms with E-state index in [1.165, 1.54) is 5.56 Å². The molecular weight excluding hydrogens is 200 g/mol. The number of carbonyl (C=O) groups is 1. The van der Waals surface area contributed by atoms with Gasteiger partial charge in [0.2, 0.25) is 5.91 Å². The Morgan fingerprint density at radius 1 is 1.31 bits per heavy atom. The van der Waals surface area contributed by atoms with Gasteiger partial charge in [0.15, 0.2) is 0 Å². The number of hydrogen-bond donors (Lipinski definition) is 2. The van der Waals surface area contributed by atoms with Crippen molar-refractivity contribution in [1.82, 2.24) is 5.32 Å². The molecule has 0 saturated heterocycles. The SMILES string of the molecule is CC(C)(CC(N)=O)NCCc1ccccc1. The van der Waals surface area contributed by atoms with Crippen LogP contribution in [-0.2, 0) is 11.2 Å². The zero-order valence-electron chi connectivity index (χ0n) is 9.99. The second kappa shape index (κ2) is 5.66. The highest BCUT2D eigenvalue weighted by molar-refractivity contribution is 5.74. The van der Waals surface area contributed by atoms with Crippen LogP contribution < -0.4 is 11.1 Å². The van der Waals surface area contributed by atoms with Gasteiger partial charge in [-0.3, -0.25) is 4.79 Å². The maximum atomic E-state index is 10.8. The van der Waals surface area contributed by atoms with Crippen molar-refractivity contribution in [1.29, 1.82) is 0 Å². The molecule has 16 heavy (non-hydrogen) atoms. The molecule has 0 radical (unpaired) electrons. The van der Waals surface area contributed by atoms with E-state index >= 15 is 0 Å². The minimum atomic E-state index is -0.266. The Morgan fingerprint density at radius 3 is 2.50 bits per heavy atom. The standard InChI is InChI=1S/C13H20N2O/c1-13(2,10-12(14)16)15-9-8-11-6-4-3-5-7-11/h3-7,15H,8-10H2,1-2H3,(H2,14,16). The molecule has 0 fully saturated rings. The van der Waals surface area contributed by atoms with Crippen molar-refractivity contribution in [2.24, 2.45) is 5.73 Å². The number of nitrogens with two attached hydrogens (primary N) is 1. The first-order chi connectivity index (χ1) is 7.49. The Balaban J connectivity index is 2.32. The van der Waals surface area contributed by atoms with Gasteiger partial charge in [-0.05, 0) is 32.4 Å². The monoisotopic (exact) mass is 220 g/mol. The van der Waals surface area contributed by atoms with Crippen LogP contribution in [0, 0.1) is 0 Å². The molecule has 3 nitrogen and oxygen atoms in total. The summed E-state index contributed by atoms with van der Waals surface area (Å²) in [5.41, 5.74) is 6.26. The first kappa shape index (κ1) is 12.7. The van der Waals surface area contributed by atoms with Gasteiger partial charge in [-0.1, -0.05) is 30.3 Å². The molecule has 0 heterocycles. The lowest BCUT2D eigenvalue weighted by atomic mass is 10.00. The first-order valence-electron chi connectivity index (χ1n) is 5.57. The van der Waals surface area contributed by atoms with Crippen LogP contribution in [0.4, 0.5) is 0 Å². The van der Waals surface area contributed by atoms with Gasteiger partial charge in [-0.2, -0.15) is 0 Å². The Labute approximate surface area is 97.0 Å². The van der Waals surface area contributed by atoms with Gasteiger partial charge < -0.3 is 11.1 Å². The summed E-state index contributed by atoms with van der Waals surface area (Å²) in [6.07, 6.45) is 1.32. The molecule has 0 aliphatic heterocycles. The number of primary amides is 1. The molecule has 0 spiro atoms. The molecule has 1 aromatic rings. The molecule has 0 bridgehead atoms. The minimum Gasteiger partial charge on any atom is -0.370 e. The van der Waals surface area contributed by atoms with Crippen LogP contribution in [0.2, 0.25) is 0 Å². The van der Waals surface area contributed by atoms with E-state index in [0.717, 1.165) is 13.0 Å². The second-order valence-corrected chi connectivity index (χ2v) is 4.69. The van der Waals surface area contributed by atoms with Crippen LogP contribution in [0.15, 0.2) is 30.3 Å². The number of benzene rings is 1. The first-order valence-corrected chi connectivity index (χ1v) is 5.57. The van der Waals surface area contributed by atoms with Crippen LogP contribution >= 0.6 is 0 Å². The van der Waals surface area contributed by atoms with Gasteiger partial charge in [-0.25, -0.2) is 0 Å². The summed E-state index contributed by atoms with van der Waals surface area (Å²) in [6.45, 7) is 4.83. The van der Waals surface area contributed by atoms with Crippen molar-refractivity contribution < 1.29 is 4.79 Å². The van der Waals surface area contributed by atoms with E-state index in [4.69, 9.17) is 5.73 Å². The van der Waals surface area contributed by atoms with Gasteiger partial charge in [0.25, 0.3) is 0 Å². The van der Waals surface area contributed by atoms with Crippen LogP contribution in [-0.4, -0.2) is 18.0 Å². The average Bonchev–Trinajstić information content (AvgIpc) is 2.16. The molecule has 0 unspecified atom stereocenters. The Hall–Kier alpha value is -1.35. The van der Waals surface area contributed by atoms with E-state index in [1.54, 1.807) is 0 Å². The summed E-state index contributed by atoms with van der Waals surface area (Å²) in [5.74, 6) is -0.266. The number of amides is 1. The van der Waals surface area contributed by atoms with Gasteiger partial charge in [-0.15, -0.1) is 0 Å². The highest BCUT2D eigenvalue weighted by Gasteiger charge is 2.18. The van der Waals surface area contributed by atoms with E-state index in [0.29, 0.717) is 6.42 Å². The summed E-state index contributed by atoms with van der Waals surface area (Å²) in [4.78, 5) is 10.8. The Bertz CT molecular complexity index is 333. The minimum absolute atomic E-state index is 0.222. The Morgan fingerprint density at radius 2 is 1.94 bits per heavy atom. The van der Waals surface area contributed by atoms with Gasteiger partial charge in [0, 0.05) is 12.0 Å². The normalized spacial score (nSPS) is 11.4. The number of nitrogens with one attached hydrogen (secondary N) is 1. The molecular formula is C13H20N2O. The lowest BCUT2D eigenvalue weighted by Gasteiger charge is -2.24. The third kappa shape index (κ3) is 4.94. The van der Waals surface area contributed by atoms with Crippen LogP contribution in [0.3, 0.4) is 0 Å². The van der Waals surface area contributed by atoms with E-state index in [9.17, 15) is 4.79 Å². The predicted molar refractivity (Wildman–Crippen MR) is 66.0 cm³/mol. The molecule has 0 aromatic heterocycles. The maximum Gasteiger partial charge on any atom is 0.219 e. The topological polar surface area (TPSA) is 55.1 Å². The molecule has 1 aromatic carbocycles. The fourth-order valence-electron chi connectivity index (χ4n) is 1.69. The molecule has 1 amide bonds. The third-order valence-corrected chi connectivity index (χ3v) is 2.48. The van der Waals surface area contributed by atoms with Crippen molar-refractivity contribution in [3.63, 3.8) is 0 Å². The lowest BCUT2D eigenvalue weighted by molar-refractivity contribution is -0.119. The fraction of sp³-hybridized carbons (Fsp3) is 0.462. The molecule has 3 N–H and O–H groups in total. The maximum absolute atomic E-state index is 10.8. The Kier molecular flexibility index (Phi) is 4.50. The summed E-state index contributed by atoms with van der Waals surface area (Å²) in [6, 6.07) is 10.3. The number of rotatable bonds is 6. The number of carbonyl (C=O) groups excluding carboxylic acids is 1. The molecule has 0 aliphatic carbocycles. The average molecular weight is 220 g/mol. The lowest BCUT2D eigenvalue weighted by Crippen LogP contribution is -2.43. The zero-order chi connectivity index (χ0) is 12.0. The van der Waals surface area contributed by atoms with Gasteiger partial charge in [0.1, 0.15) is 0 Å². The van der Waals surface area contributed by atoms with Crippen molar-refractivity contribution >= 4 is 5.91 Å². The van der Waals surface area contributed by atoms with Crippen LogP contribution in [0.5, 0.6) is 0 Å². The summed E-state index contributed by atoms with van der Waals surface area (Å²) >= 11 is 0. The highest BCUT2D eigenvalue weighted by Crippen LogP contribution is 2.07. The molecule has 1 rings (SSSR count). The highest BCUT2D eigenvalue weighted by atomic mass is 16.1. The largest absolute Gasteiger partial charge is 0.370 e. The van der Waals surface area contributed by atoms with E-state index in [-0.39, 0.29) is 11.4 Å². The molecule has 0 atom stereocenters. The van der Waals surface area contributed by atoms with Gasteiger partial charge >= 0.3 is 0 Å². The molecule has 0 saturated carbocycles. The third-order valence-electron chi connectivity index (χ3n) is 2.48. The van der Waals surface area contributed by atoms with Crippen molar-refractivity contribution in [2.45, 2.75) is 32.2 Å². The summed E-state index contributed by atoms with van der Waals surface area (Å²) in [5, 5.41) is 3.34. The fourth-order valence-corrected chi connectivity index (χ4v) is 1.69. The smallest absolute Gasteiger partial charge is 0.219 e. The van der Waals surface area contributed by atoms with E-state index in [1.807, 2.05) is 32.0 Å². The summed E-state index contributed by atoms with van der Waals surface area (Å²) < 4.78 is 0. The molecule has 0 aliphatic rings. The van der Waals surface area contributed by atoms with Crippen LogP contribution in [0.1, 0.15) is 25.8 Å². The predicted octanol–water partition coefficient (Wildman–Crippen LogP) is 1.47. The molecule has 88 valence electrons. The van der Waals surface area contributed by atoms with Crippen molar-refractivity contribution in [3.05, 3.63) is 35.9 Å². The second-order valence-electron chi connectivity index (χ2n) is 4.69. The molecule has 3 heteroatoms. The van der Waals surface area contributed by atoms with Crippen LogP contribution in [0.25, 0.3) is 0 Å². The van der Waals surface area contributed by atoms with Crippen molar-refractivity contribution in [3.8, 4) is 0 Å².